The first-order valence-corrected chi connectivity index (χ1v) is 6.93. The van der Waals surface area contributed by atoms with Gasteiger partial charge in [0.2, 0.25) is 5.88 Å². The van der Waals surface area contributed by atoms with Gasteiger partial charge in [0, 0.05) is 19.0 Å². The molecule has 0 aliphatic carbocycles. The Bertz CT molecular complexity index is 627. The van der Waals surface area contributed by atoms with Crippen LogP contribution in [0.3, 0.4) is 0 Å². The van der Waals surface area contributed by atoms with Gasteiger partial charge >= 0.3 is 0 Å². The van der Waals surface area contributed by atoms with Crippen LogP contribution in [0.1, 0.15) is 31.2 Å². The van der Waals surface area contributed by atoms with Crippen molar-refractivity contribution in [2.24, 2.45) is 0 Å². The zero-order valence-electron chi connectivity index (χ0n) is 13.1. The van der Waals surface area contributed by atoms with Crippen LogP contribution in [0.2, 0.25) is 0 Å². The summed E-state index contributed by atoms with van der Waals surface area (Å²) in [6.07, 6.45) is 0. The molecule has 0 saturated heterocycles. The number of hydrogen-bond donors (Lipinski definition) is 1. The normalized spacial score (nSPS) is 10.6. The molecule has 0 aliphatic rings. The summed E-state index contributed by atoms with van der Waals surface area (Å²) < 4.78 is 11.1. The number of nitrogens with one attached hydrogen (secondary N) is 1. The average Bonchev–Trinajstić information content (AvgIpc) is 2.49. The van der Waals surface area contributed by atoms with Crippen LogP contribution < -0.4 is 14.8 Å². The third kappa shape index (κ3) is 3.42. The molecular weight excluding hydrogens is 266 g/mol. The summed E-state index contributed by atoms with van der Waals surface area (Å²) in [7, 11) is 3.47. The smallest absolute Gasteiger partial charge is 0.227 e. The molecule has 0 bridgehead atoms. The van der Waals surface area contributed by atoms with E-state index in [1.807, 2.05) is 38.2 Å². The summed E-state index contributed by atoms with van der Waals surface area (Å²) in [6.45, 7) is 6.05. The molecule has 0 unspecified atom stereocenters. The molecule has 0 saturated carbocycles. The van der Waals surface area contributed by atoms with E-state index in [0.717, 1.165) is 23.0 Å². The van der Waals surface area contributed by atoms with E-state index in [2.05, 4.69) is 29.1 Å². The molecule has 1 aromatic heterocycles. The van der Waals surface area contributed by atoms with Crippen LogP contribution in [0.5, 0.6) is 17.4 Å². The zero-order chi connectivity index (χ0) is 15.4. The van der Waals surface area contributed by atoms with Crippen molar-refractivity contribution in [3.63, 3.8) is 0 Å². The third-order valence-electron chi connectivity index (χ3n) is 3.13. The lowest BCUT2D eigenvalue weighted by Crippen LogP contribution is -2.06. The first-order valence-electron chi connectivity index (χ1n) is 6.93. The van der Waals surface area contributed by atoms with Crippen LogP contribution in [0.15, 0.2) is 24.3 Å². The van der Waals surface area contributed by atoms with E-state index in [0.29, 0.717) is 11.6 Å². The topological polar surface area (TPSA) is 56.3 Å². The van der Waals surface area contributed by atoms with Gasteiger partial charge < -0.3 is 14.8 Å². The average molecular weight is 287 g/mol. The predicted molar refractivity (Wildman–Crippen MR) is 83.5 cm³/mol. The minimum atomic E-state index is 0.227. The van der Waals surface area contributed by atoms with Crippen molar-refractivity contribution in [3.05, 3.63) is 35.7 Å². The lowest BCUT2D eigenvalue weighted by molar-refractivity contribution is 0.406. The molecule has 0 spiro atoms. The summed E-state index contributed by atoms with van der Waals surface area (Å²) in [4.78, 5) is 9.02. The maximum absolute atomic E-state index is 5.91. The van der Waals surface area contributed by atoms with Crippen molar-refractivity contribution in [3.8, 4) is 17.4 Å². The van der Waals surface area contributed by atoms with Crippen molar-refractivity contribution < 1.29 is 9.47 Å². The molecule has 21 heavy (non-hydrogen) atoms. The molecule has 1 heterocycles. The van der Waals surface area contributed by atoms with Crippen LogP contribution in [-0.2, 0) is 0 Å². The van der Waals surface area contributed by atoms with Crippen molar-refractivity contribution in [2.75, 3.05) is 19.5 Å². The van der Waals surface area contributed by atoms with Gasteiger partial charge in [-0.25, -0.2) is 4.98 Å². The summed E-state index contributed by atoms with van der Waals surface area (Å²) in [5, 5.41) is 3.08. The van der Waals surface area contributed by atoms with E-state index >= 15 is 0 Å². The van der Waals surface area contributed by atoms with Crippen molar-refractivity contribution in [1.82, 2.24) is 9.97 Å². The largest absolute Gasteiger partial charge is 0.497 e. The van der Waals surface area contributed by atoms with Crippen LogP contribution in [0.4, 0.5) is 5.82 Å². The first kappa shape index (κ1) is 15.1. The van der Waals surface area contributed by atoms with Crippen molar-refractivity contribution in [1.29, 1.82) is 0 Å². The zero-order valence-corrected chi connectivity index (χ0v) is 13.1. The Morgan fingerprint density at radius 2 is 1.86 bits per heavy atom. The SMILES string of the molecule is CNc1nc(C(C)C)nc(Oc2cccc(OC)c2)c1C. The molecule has 5 nitrogen and oxygen atoms in total. The van der Waals surface area contributed by atoms with Gasteiger partial charge in [0.15, 0.2) is 0 Å². The van der Waals surface area contributed by atoms with Gasteiger partial charge in [0.05, 0.1) is 12.7 Å². The van der Waals surface area contributed by atoms with Gasteiger partial charge in [-0.15, -0.1) is 0 Å². The molecule has 0 atom stereocenters. The highest BCUT2D eigenvalue weighted by molar-refractivity contribution is 5.49. The minimum Gasteiger partial charge on any atom is -0.497 e. The monoisotopic (exact) mass is 287 g/mol. The summed E-state index contributed by atoms with van der Waals surface area (Å²) in [6, 6.07) is 7.46. The molecule has 2 rings (SSSR count). The molecule has 1 aromatic carbocycles. The first-order chi connectivity index (χ1) is 10.0. The summed E-state index contributed by atoms with van der Waals surface area (Å²) >= 11 is 0. The third-order valence-corrected chi connectivity index (χ3v) is 3.13. The van der Waals surface area contributed by atoms with Gasteiger partial charge in [0.25, 0.3) is 0 Å². The molecular formula is C16H21N3O2. The Kier molecular flexibility index (Phi) is 4.62. The number of ether oxygens (including phenoxy) is 2. The van der Waals surface area contributed by atoms with Gasteiger partial charge in [-0.2, -0.15) is 4.98 Å². The van der Waals surface area contributed by atoms with E-state index in [1.165, 1.54) is 0 Å². The number of aromatic nitrogens is 2. The van der Waals surface area contributed by atoms with Gasteiger partial charge in [-0.05, 0) is 19.1 Å². The molecule has 0 aliphatic heterocycles. The number of anilines is 1. The van der Waals surface area contributed by atoms with E-state index in [9.17, 15) is 0 Å². The Hall–Kier alpha value is -2.30. The molecule has 2 aromatic rings. The highest BCUT2D eigenvalue weighted by Gasteiger charge is 2.14. The molecule has 0 fully saturated rings. The van der Waals surface area contributed by atoms with Crippen molar-refractivity contribution in [2.45, 2.75) is 26.7 Å². The Morgan fingerprint density at radius 1 is 1.14 bits per heavy atom. The summed E-state index contributed by atoms with van der Waals surface area (Å²) in [5.41, 5.74) is 0.879. The second-order valence-electron chi connectivity index (χ2n) is 5.05. The molecule has 1 N–H and O–H groups in total. The van der Waals surface area contributed by atoms with E-state index in [4.69, 9.17) is 9.47 Å². The number of hydrogen-bond acceptors (Lipinski definition) is 5. The molecule has 112 valence electrons. The number of methoxy groups -OCH3 is 1. The van der Waals surface area contributed by atoms with Gasteiger partial charge in [0.1, 0.15) is 23.1 Å². The Balaban J connectivity index is 2.40. The van der Waals surface area contributed by atoms with E-state index < -0.39 is 0 Å². The fraction of sp³-hybridized carbons (Fsp3) is 0.375. The predicted octanol–water partition coefficient (Wildman–Crippen LogP) is 3.75. The van der Waals surface area contributed by atoms with Crippen LogP contribution in [0.25, 0.3) is 0 Å². The highest BCUT2D eigenvalue weighted by Crippen LogP contribution is 2.30. The van der Waals surface area contributed by atoms with Gasteiger partial charge in [-0.1, -0.05) is 19.9 Å². The molecule has 0 radical (unpaired) electrons. The van der Waals surface area contributed by atoms with E-state index in [-0.39, 0.29) is 5.92 Å². The van der Waals surface area contributed by atoms with E-state index in [1.54, 1.807) is 7.11 Å². The second kappa shape index (κ2) is 6.43. The second-order valence-corrected chi connectivity index (χ2v) is 5.05. The van der Waals surface area contributed by atoms with Gasteiger partial charge in [-0.3, -0.25) is 0 Å². The standard InChI is InChI=1S/C16H21N3O2/c1-10(2)14-18-15(17-4)11(3)16(19-14)21-13-8-6-7-12(9-13)20-5/h6-10H,1-5H3,(H,17,18,19). The lowest BCUT2D eigenvalue weighted by atomic mass is 10.2. The van der Waals surface area contributed by atoms with Crippen LogP contribution >= 0.6 is 0 Å². The fourth-order valence-electron chi connectivity index (χ4n) is 1.89. The molecule has 5 heteroatoms. The maximum Gasteiger partial charge on any atom is 0.227 e. The Labute approximate surface area is 125 Å². The van der Waals surface area contributed by atoms with Crippen molar-refractivity contribution >= 4 is 5.82 Å². The maximum atomic E-state index is 5.91. The van der Waals surface area contributed by atoms with Crippen LogP contribution in [0, 0.1) is 6.92 Å². The number of benzene rings is 1. The number of rotatable bonds is 5. The Morgan fingerprint density at radius 3 is 2.48 bits per heavy atom. The molecule has 0 amide bonds. The quantitative estimate of drug-likeness (QED) is 0.907. The summed E-state index contributed by atoms with van der Waals surface area (Å²) in [5.74, 6) is 3.76. The fourth-order valence-corrected chi connectivity index (χ4v) is 1.89. The number of nitrogens with zero attached hydrogens (tertiary/aromatic N) is 2. The lowest BCUT2D eigenvalue weighted by Gasteiger charge is -2.14. The minimum absolute atomic E-state index is 0.227. The highest BCUT2D eigenvalue weighted by atomic mass is 16.5. The van der Waals surface area contributed by atoms with Crippen LogP contribution in [-0.4, -0.2) is 24.1 Å².